The van der Waals surface area contributed by atoms with Gasteiger partial charge in [-0.25, -0.2) is 4.98 Å². The second-order valence-electron chi connectivity index (χ2n) is 5.99. The maximum absolute atomic E-state index is 12.3. The third kappa shape index (κ3) is 4.55. The number of aromatic nitrogens is 1. The highest BCUT2D eigenvalue weighted by Gasteiger charge is 2.20. The molecule has 24 heavy (non-hydrogen) atoms. The van der Waals surface area contributed by atoms with E-state index in [0.717, 1.165) is 23.9 Å². The van der Waals surface area contributed by atoms with Crippen LogP contribution in [0.3, 0.4) is 0 Å². The molecule has 2 heterocycles. The molecule has 0 aliphatic carbocycles. The Bertz CT molecular complexity index is 706. The highest BCUT2D eigenvalue weighted by atomic mass is 79.9. The molecule has 0 bridgehead atoms. The molecule has 2 aromatic rings. The first-order chi connectivity index (χ1) is 11.6. The third-order valence-electron chi connectivity index (χ3n) is 3.98. The van der Waals surface area contributed by atoms with Gasteiger partial charge in [-0.3, -0.25) is 4.79 Å². The predicted octanol–water partition coefficient (Wildman–Crippen LogP) is 3.51. The first-order valence-corrected chi connectivity index (χ1v) is 8.83. The number of pyridine rings is 1. The Morgan fingerprint density at radius 3 is 2.96 bits per heavy atom. The smallest absolute Gasteiger partial charge is 0.253 e. The number of hydrogen-bond acceptors (Lipinski definition) is 4. The number of halogens is 1. The Balaban J connectivity index is 1.60. The van der Waals surface area contributed by atoms with Gasteiger partial charge in [-0.1, -0.05) is 22.0 Å². The van der Waals surface area contributed by atoms with E-state index in [4.69, 9.17) is 4.74 Å². The van der Waals surface area contributed by atoms with Gasteiger partial charge in [-0.15, -0.1) is 0 Å². The second kappa shape index (κ2) is 7.77. The molecule has 6 heteroatoms. The molecule has 0 spiro atoms. The number of hydrogen-bond donors (Lipinski definition) is 2. The summed E-state index contributed by atoms with van der Waals surface area (Å²) >= 11 is 3.40. The maximum Gasteiger partial charge on any atom is 0.253 e. The summed E-state index contributed by atoms with van der Waals surface area (Å²) in [7, 11) is 0. The SMILES string of the molecule is CC1CC(NC(=O)c2ccc(Oc3cccc(Br)c3)nc2)CCN1. The van der Waals surface area contributed by atoms with Crippen molar-refractivity contribution in [2.45, 2.75) is 31.8 Å². The van der Waals surface area contributed by atoms with Crippen molar-refractivity contribution in [1.82, 2.24) is 15.6 Å². The number of ether oxygens (including phenoxy) is 1. The Hall–Kier alpha value is -1.92. The average Bonchev–Trinajstić information content (AvgIpc) is 2.55. The molecule has 126 valence electrons. The first kappa shape index (κ1) is 16.9. The van der Waals surface area contributed by atoms with Crippen molar-refractivity contribution in [2.75, 3.05) is 6.54 Å². The van der Waals surface area contributed by atoms with E-state index in [1.807, 2.05) is 24.3 Å². The van der Waals surface area contributed by atoms with Crippen LogP contribution in [-0.4, -0.2) is 29.5 Å². The Labute approximate surface area is 149 Å². The summed E-state index contributed by atoms with van der Waals surface area (Å²) in [5.74, 6) is 1.06. The number of piperidine rings is 1. The zero-order chi connectivity index (χ0) is 16.9. The van der Waals surface area contributed by atoms with Gasteiger partial charge >= 0.3 is 0 Å². The van der Waals surface area contributed by atoms with Gasteiger partial charge in [0.2, 0.25) is 5.88 Å². The lowest BCUT2D eigenvalue weighted by Crippen LogP contribution is -2.46. The lowest BCUT2D eigenvalue weighted by Gasteiger charge is -2.28. The number of carbonyl (C=O) groups is 1. The molecule has 0 saturated carbocycles. The van der Waals surface area contributed by atoms with Crippen LogP contribution in [0.25, 0.3) is 0 Å². The van der Waals surface area contributed by atoms with E-state index in [2.05, 4.69) is 38.5 Å². The first-order valence-electron chi connectivity index (χ1n) is 8.04. The topological polar surface area (TPSA) is 63.2 Å². The van der Waals surface area contributed by atoms with E-state index in [0.29, 0.717) is 23.2 Å². The minimum Gasteiger partial charge on any atom is -0.439 e. The Morgan fingerprint density at radius 1 is 1.38 bits per heavy atom. The largest absolute Gasteiger partial charge is 0.439 e. The Morgan fingerprint density at radius 2 is 2.25 bits per heavy atom. The van der Waals surface area contributed by atoms with Gasteiger partial charge in [0.05, 0.1) is 5.56 Å². The van der Waals surface area contributed by atoms with Gasteiger partial charge in [0.25, 0.3) is 5.91 Å². The van der Waals surface area contributed by atoms with Crippen molar-refractivity contribution >= 4 is 21.8 Å². The van der Waals surface area contributed by atoms with Crippen molar-refractivity contribution in [3.8, 4) is 11.6 Å². The normalized spacial score (nSPS) is 20.4. The molecule has 0 radical (unpaired) electrons. The summed E-state index contributed by atoms with van der Waals surface area (Å²) in [6, 6.07) is 11.6. The van der Waals surface area contributed by atoms with Crippen molar-refractivity contribution in [2.24, 2.45) is 0 Å². The molecule has 1 fully saturated rings. The van der Waals surface area contributed by atoms with Gasteiger partial charge in [-0.2, -0.15) is 0 Å². The van der Waals surface area contributed by atoms with Gasteiger partial charge in [-0.05, 0) is 50.6 Å². The molecule has 2 atom stereocenters. The van der Waals surface area contributed by atoms with Crippen LogP contribution in [0.1, 0.15) is 30.1 Å². The number of nitrogens with one attached hydrogen (secondary N) is 2. The van der Waals surface area contributed by atoms with Crippen molar-refractivity contribution in [3.05, 3.63) is 52.6 Å². The summed E-state index contributed by atoms with van der Waals surface area (Å²) in [6.07, 6.45) is 3.45. The van der Waals surface area contributed by atoms with E-state index in [1.54, 1.807) is 18.3 Å². The molecule has 3 rings (SSSR count). The summed E-state index contributed by atoms with van der Waals surface area (Å²) in [5.41, 5.74) is 0.544. The number of carbonyl (C=O) groups excluding carboxylic acids is 1. The fourth-order valence-corrected chi connectivity index (χ4v) is 3.14. The molecule has 1 saturated heterocycles. The molecule has 2 unspecified atom stereocenters. The lowest BCUT2D eigenvalue weighted by atomic mass is 10.0. The summed E-state index contributed by atoms with van der Waals surface area (Å²) < 4.78 is 6.61. The molecule has 2 N–H and O–H groups in total. The third-order valence-corrected chi connectivity index (χ3v) is 4.47. The van der Waals surface area contributed by atoms with Crippen LogP contribution in [0, 0.1) is 0 Å². The number of amides is 1. The molecule has 1 aliphatic rings. The number of benzene rings is 1. The summed E-state index contributed by atoms with van der Waals surface area (Å²) in [6.45, 7) is 3.07. The minimum atomic E-state index is -0.0874. The second-order valence-corrected chi connectivity index (χ2v) is 6.91. The maximum atomic E-state index is 12.3. The van der Waals surface area contributed by atoms with Crippen LogP contribution in [0.15, 0.2) is 47.1 Å². The quantitative estimate of drug-likeness (QED) is 0.839. The van der Waals surface area contributed by atoms with Gasteiger partial charge in [0.1, 0.15) is 5.75 Å². The van der Waals surface area contributed by atoms with Crippen molar-refractivity contribution < 1.29 is 9.53 Å². The Kier molecular flexibility index (Phi) is 5.48. The van der Waals surface area contributed by atoms with E-state index >= 15 is 0 Å². The van der Waals surface area contributed by atoms with Crippen LogP contribution in [0.2, 0.25) is 0 Å². The van der Waals surface area contributed by atoms with Crippen LogP contribution < -0.4 is 15.4 Å². The van der Waals surface area contributed by atoms with E-state index in [-0.39, 0.29) is 11.9 Å². The summed E-state index contributed by atoms with van der Waals surface area (Å²) in [5, 5.41) is 6.45. The molecule has 5 nitrogen and oxygen atoms in total. The fraction of sp³-hybridized carbons (Fsp3) is 0.333. The lowest BCUT2D eigenvalue weighted by molar-refractivity contribution is 0.0925. The van der Waals surface area contributed by atoms with Crippen LogP contribution >= 0.6 is 15.9 Å². The number of nitrogens with zero attached hydrogens (tertiary/aromatic N) is 1. The monoisotopic (exact) mass is 389 g/mol. The standard InChI is InChI=1S/C18H20BrN3O2/c1-12-9-15(7-8-20-12)22-18(23)13-5-6-17(21-11-13)24-16-4-2-3-14(19)10-16/h2-6,10-12,15,20H,7-9H2,1H3,(H,22,23). The average molecular weight is 390 g/mol. The molecule has 1 aromatic carbocycles. The highest BCUT2D eigenvalue weighted by molar-refractivity contribution is 9.10. The van der Waals surface area contributed by atoms with E-state index in [1.165, 1.54) is 0 Å². The molecular weight excluding hydrogens is 370 g/mol. The molecular formula is C18H20BrN3O2. The van der Waals surface area contributed by atoms with Crippen LogP contribution in [0.5, 0.6) is 11.6 Å². The zero-order valence-corrected chi connectivity index (χ0v) is 15.0. The highest BCUT2D eigenvalue weighted by Crippen LogP contribution is 2.23. The van der Waals surface area contributed by atoms with Gasteiger partial charge in [0, 0.05) is 28.8 Å². The van der Waals surface area contributed by atoms with Gasteiger partial charge < -0.3 is 15.4 Å². The molecule has 1 amide bonds. The van der Waals surface area contributed by atoms with Crippen molar-refractivity contribution in [1.29, 1.82) is 0 Å². The summed E-state index contributed by atoms with van der Waals surface area (Å²) in [4.78, 5) is 16.5. The zero-order valence-electron chi connectivity index (χ0n) is 13.5. The molecule has 1 aliphatic heterocycles. The molecule has 1 aromatic heterocycles. The van der Waals surface area contributed by atoms with Gasteiger partial charge in [0.15, 0.2) is 0 Å². The fourth-order valence-electron chi connectivity index (χ4n) is 2.76. The minimum absolute atomic E-state index is 0.0874. The number of rotatable bonds is 4. The van der Waals surface area contributed by atoms with E-state index < -0.39 is 0 Å². The van der Waals surface area contributed by atoms with Crippen molar-refractivity contribution in [3.63, 3.8) is 0 Å². The predicted molar refractivity (Wildman–Crippen MR) is 96.4 cm³/mol. The van der Waals surface area contributed by atoms with Crippen LogP contribution in [-0.2, 0) is 0 Å². The van der Waals surface area contributed by atoms with Crippen LogP contribution in [0.4, 0.5) is 0 Å². The van der Waals surface area contributed by atoms with E-state index in [9.17, 15) is 4.79 Å².